The van der Waals surface area contributed by atoms with Crippen molar-refractivity contribution in [3.63, 3.8) is 0 Å². The molecule has 0 amide bonds. The van der Waals surface area contributed by atoms with Gasteiger partial charge in [0.2, 0.25) is 0 Å². The summed E-state index contributed by atoms with van der Waals surface area (Å²) in [5, 5.41) is 1.62. The van der Waals surface area contributed by atoms with Gasteiger partial charge in [0.1, 0.15) is 5.15 Å². The minimum atomic E-state index is 0.429. The molecule has 78 valence electrons. The zero-order valence-corrected chi connectivity index (χ0v) is 9.38. The number of benzene rings is 1. The number of hydrogen-bond acceptors (Lipinski definition) is 2. The summed E-state index contributed by atoms with van der Waals surface area (Å²) in [4.78, 5) is 4.31. The Morgan fingerprint density at radius 1 is 1.33 bits per heavy atom. The monoisotopic (exact) mass is 220 g/mol. The first-order chi connectivity index (χ1) is 7.24. The highest BCUT2D eigenvalue weighted by molar-refractivity contribution is 6.30. The van der Waals surface area contributed by atoms with Crippen molar-refractivity contribution in [1.82, 2.24) is 4.98 Å². The zero-order chi connectivity index (χ0) is 10.8. The van der Waals surface area contributed by atoms with Gasteiger partial charge in [-0.15, -0.1) is 0 Å². The number of aromatic nitrogens is 1. The Balaban J connectivity index is 2.66. The highest BCUT2D eigenvalue weighted by atomic mass is 35.5. The van der Waals surface area contributed by atoms with E-state index in [1.165, 1.54) is 5.56 Å². The molecule has 1 aromatic heterocycles. The van der Waals surface area contributed by atoms with Crippen LogP contribution in [0.15, 0.2) is 24.3 Å². The predicted octanol–water partition coefficient (Wildman–Crippen LogP) is 2.91. The van der Waals surface area contributed by atoms with Gasteiger partial charge in [0.15, 0.2) is 0 Å². The van der Waals surface area contributed by atoms with Gasteiger partial charge in [0.05, 0.1) is 5.52 Å². The Hall–Kier alpha value is -1.12. The topological polar surface area (TPSA) is 38.9 Å². The lowest BCUT2D eigenvalue weighted by atomic mass is 10.1. The molecule has 0 spiro atoms. The average Bonchev–Trinajstić information content (AvgIpc) is 2.27. The lowest BCUT2D eigenvalue weighted by Gasteiger charge is -2.05. The molecule has 1 aromatic carbocycles. The largest absolute Gasteiger partial charge is 0.326 e. The van der Waals surface area contributed by atoms with E-state index >= 15 is 0 Å². The summed E-state index contributed by atoms with van der Waals surface area (Å²) >= 11 is 5.99. The molecule has 0 aliphatic heterocycles. The maximum atomic E-state index is 5.99. The van der Waals surface area contributed by atoms with Crippen LogP contribution in [-0.2, 0) is 13.0 Å². The number of hydrogen-bond donors (Lipinski definition) is 1. The van der Waals surface area contributed by atoms with Crippen LogP contribution in [0.3, 0.4) is 0 Å². The number of aryl methyl sites for hydroxylation is 1. The van der Waals surface area contributed by atoms with Gasteiger partial charge in [0, 0.05) is 17.5 Å². The van der Waals surface area contributed by atoms with Gasteiger partial charge < -0.3 is 5.73 Å². The summed E-state index contributed by atoms with van der Waals surface area (Å²) in [7, 11) is 0. The van der Waals surface area contributed by atoms with Crippen LogP contribution < -0.4 is 5.73 Å². The second kappa shape index (κ2) is 4.17. The highest BCUT2D eigenvalue weighted by Gasteiger charge is 2.03. The van der Waals surface area contributed by atoms with E-state index in [1.54, 1.807) is 0 Å². The molecule has 2 aromatic rings. The van der Waals surface area contributed by atoms with Gasteiger partial charge in [0.25, 0.3) is 0 Å². The maximum absolute atomic E-state index is 5.99. The van der Waals surface area contributed by atoms with Crippen molar-refractivity contribution in [3.8, 4) is 0 Å². The van der Waals surface area contributed by atoms with E-state index in [9.17, 15) is 0 Å². The summed E-state index contributed by atoms with van der Waals surface area (Å²) in [6.45, 7) is 2.56. The molecule has 1 heterocycles. The van der Waals surface area contributed by atoms with Crippen molar-refractivity contribution >= 4 is 22.5 Å². The van der Waals surface area contributed by atoms with Crippen molar-refractivity contribution in [2.24, 2.45) is 5.73 Å². The Morgan fingerprint density at radius 2 is 2.13 bits per heavy atom. The summed E-state index contributed by atoms with van der Waals surface area (Å²) in [6.07, 6.45) is 1.02. The quantitative estimate of drug-likeness (QED) is 0.791. The smallest absolute Gasteiger partial charge is 0.134 e. The van der Waals surface area contributed by atoms with Crippen molar-refractivity contribution in [1.29, 1.82) is 0 Å². The highest BCUT2D eigenvalue weighted by Crippen LogP contribution is 2.21. The van der Waals surface area contributed by atoms with Crippen LogP contribution in [0.25, 0.3) is 10.9 Å². The lowest BCUT2D eigenvalue weighted by Crippen LogP contribution is -1.99. The number of halogens is 1. The van der Waals surface area contributed by atoms with E-state index in [2.05, 4.69) is 24.0 Å². The normalized spacial score (nSPS) is 10.9. The minimum absolute atomic E-state index is 0.429. The number of nitrogens with two attached hydrogens (primary N) is 1. The molecular formula is C12H13ClN2. The van der Waals surface area contributed by atoms with Crippen LogP contribution in [0.2, 0.25) is 5.15 Å². The molecule has 3 heteroatoms. The van der Waals surface area contributed by atoms with Crippen molar-refractivity contribution in [3.05, 3.63) is 40.5 Å². The third-order valence-electron chi connectivity index (χ3n) is 2.53. The Labute approximate surface area is 94.1 Å². The fraction of sp³-hybridized carbons (Fsp3) is 0.250. The number of nitrogens with zero attached hydrogens (tertiary/aromatic N) is 1. The van der Waals surface area contributed by atoms with Gasteiger partial charge >= 0.3 is 0 Å². The van der Waals surface area contributed by atoms with Gasteiger partial charge in [-0.25, -0.2) is 4.98 Å². The molecule has 2 rings (SSSR count). The predicted molar refractivity (Wildman–Crippen MR) is 64.0 cm³/mol. The van der Waals surface area contributed by atoms with Gasteiger partial charge in [-0.1, -0.05) is 24.6 Å². The molecule has 0 saturated heterocycles. The fourth-order valence-electron chi connectivity index (χ4n) is 1.61. The molecule has 0 fully saturated rings. The Morgan fingerprint density at radius 3 is 2.80 bits per heavy atom. The Kier molecular flexibility index (Phi) is 2.89. The van der Waals surface area contributed by atoms with Gasteiger partial charge in [-0.2, -0.15) is 0 Å². The molecule has 0 unspecified atom stereocenters. The van der Waals surface area contributed by atoms with Crippen LogP contribution in [0.1, 0.15) is 18.1 Å². The van der Waals surface area contributed by atoms with Crippen LogP contribution in [0.4, 0.5) is 0 Å². The van der Waals surface area contributed by atoms with E-state index in [0.717, 1.165) is 22.9 Å². The van der Waals surface area contributed by atoms with Crippen molar-refractivity contribution in [2.75, 3.05) is 0 Å². The molecule has 2 nitrogen and oxygen atoms in total. The molecule has 0 aliphatic rings. The number of fused-ring (bicyclic) bond motifs is 1. The third-order valence-corrected chi connectivity index (χ3v) is 2.86. The second-order valence-electron chi connectivity index (χ2n) is 3.52. The first-order valence-corrected chi connectivity index (χ1v) is 5.40. The molecule has 0 saturated carbocycles. The van der Waals surface area contributed by atoms with Crippen LogP contribution in [0.5, 0.6) is 0 Å². The summed E-state index contributed by atoms with van der Waals surface area (Å²) < 4.78 is 0. The summed E-state index contributed by atoms with van der Waals surface area (Å²) in [5.74, 6) is 0. The lowest BCUT2D eigenvalue weighted by molar-refractivity contribution is 1.06. The summed E-state index contributed by atoms with van der Waals surface area (Å²) in [5.41, 5.74) is 8.71. The molecule has 0 radical (unpaired) electrons. The van der Waals surface area contributed by atoms with E-state index in [0.29, 0.717) is 11.7 Å². The average molecular weight is 221 g/mol. The zero-order valence-electron chi connectivity index (χ0n) is 8.63. The van der Waals surface area contributed by atoms with Gasteiger partial charge in [-0.05, 0) is 30.2 Å². The molecular weight excluding hydrogens is 208 g/mol. The minimum Gasteiger partial charge on any atom is -0.326 e. The fourth-order valence-corrected chi connectivity index (χ4v) is 1.83. The Bertz CT molecular complexity index is 494. The maximum Gasteiger partial charge on any atom is 0.134 e. The van der Waals surface area contributed by atoms with E-state index in [4.69, 9.17) is 17.3 Å². The second-order valence-corrected chi connectivity index (χ2v) is 3.88. The van der Waals surface area contributed by atoms with Crippen LogP contribution >= 0.6 is 11.6 Å². The van der Waals surface area contributed by atoms with Crippen LogP contribution in [-0.4, -0.2) is 4.98 Å². The van der Waals surface area contributed by atoms with Crippen LogP contribution in [0, 0.1) is 0 Å². The third kappa shape index (κ3) is 1.96. The standard InChI is InChI=1S/C12H13ClN2/c1-2-8-3-4-11-9(5-8)6-10(7-14)12(13)15-11/h3-6H,2,7,14H2,1H3. The van der Waals surface area contributed by atoms with E-state index < -0.39 is 0 Å². The molecule has 0 atom stereocenters. The van der Waals surface area contributed by atoms with Gasteiger partial charge in [-0.3, -0.25) is 0 Å². The number of pyridine rings is 1. The molecule has 0 aliphatic carbocycles. The van der Waals surface area contributed by atoms with Crippen molar-refractivity contribution < 1.29 is 0 Å². The molecule has 15 heavy (non-hydrogen) atoms. The first kappa shape index (κ1) is 10.4. The van der Waals surface area contributed by atoms with Crippen molar-refractivity contribution in [2.45, 2.75) is 19.9 Å². The molecule has 0 bridgehead atoms. The first-order valence-electron chi connectivity index (χ1n) is 5.02. The molecule has 2 N–H and O–H groups in total. The number of rotatable bonds is 2. The van der Waals surface area contributed by atoms with E-state index in [-0.39, 0.29) is 0 Å². The van der Waals surface area contributed by atoms with E-state index in [1.807, 2.05) is 12.1 Å². The summed E-state index contributed by atoms with van der Waals surface area (Å²) in [6, 6.07) is 8.23. The SMILES string of the molecule is CCc1ccc2nc(Cl)c(CN)cc2c1.